The maximum absolute atomic E-state index is 9.94. The molecule has 84 valence electrons. The van der Waals surface area contributed by atoms with E-state index in [9.17, 15) is 5.11 Å². The highest BCUT2D eigenvalue weighted by atomic mass is 16.3. The molecule has 0 saturated carbocycles. The molecule has 2 heteroatoms. The first-order valence-electron chi connectivity index (χ1n) is 5.43. The second-order valence-corrected chi connectivity index (χ2v) is 4.45. The molecular weight excluding hydrogens is 198 g/mol. The number of aliphatic hydroxyl groups excluding tert-OH is 1. The minimum absolute atomic E-state index is 0.536. The van der Waals surface area contributed by atoms with Crippen molar-refractivity contribution in [2.75, 3.05) is 14.1 Å². The summed E-state index contributed by atoms with van der Waals surface area (Å²) in [5, 5.41) is 12.3. The molecule has 0 aliphatic carbocycles. The molecule has 0 radical (unpaired) electrons. The Morgan fingerprint density at radius 2 is 1.62 bits per heavy atom. The van der Waals surface area contributed by atoms with Crippen LogP contribution in [0.4, 0.5) is 0 Å². The summed E-state index contributed by atoms with van der Waals surface area (Å²) in [7, 11) is 3.73. The normalized spacial score (nSPS) is 13.3. The molecule has 0 aromatic heterocycles. The van der Waals surface area contributed by atoms with E-state index < -0.39 is 6.23 Å². The zero-order valence-corrected chi connectivity index (χ0v) is 9.94. The minimum Gasteiger partial charge on any atom is -0.374 e. The van der Waals surface area contributed by atoms with Gasteiger partial charge in [-0.3, -0.25) is 4.90 Å². The summed E-state index contributed by atoms with van der Waals surface area (Å²) in [6, 6.07) is 12.4. The predicted molar refractivity (Wildman–Crippen MR) is 67.3 cm³/mol. The van der Waals surface area contributed by atoms with Crippen LogP contribution in [0.5, 0.6) is 0 Å². The van der Waals surface area contributed by atoms with Gasteiger partial charge in [-0.15, -0.1) is 0 Å². The van der Waals surface area contributed by atoms with Crippen LogP contribution in [-0.2, 0) is 0 Å². The van der Waals surface area contributed by atoms with Crippen molar-refractivity contribution in [2.45, 2.75) is 13.2 Å². The second kappa shape index (κ2) is 4.24. The summed E-state index contributed by atoms with van der Waals surface area (Å²) < 4.78 is 0. The molecule has 1 unspecified atom stereocenters. The molecule has 0 aliphatic heterocycles. The fourth-order valence-electron chi connectivity index (χ4n) is 1.84. The standard InChI is InChI=1S/C14H17NO/c1-10-4-5-12-9-13(14(16)15(2)3)7-6-11(12)8-10/h4-9,14,16H,1-3H3. The molecular formula is C14H17NO. The lowest BCUT2D eigenvalue weighted by Gasteiger charge is -2.19. The van der Waals surface area contributed by atoms with E-state index >= 15 is 0 Å². The summed E-state index contributed by atoms with van der Waals surface area (Å²) in [6.07, 6.45) is -0.536. The van der Waals surface area contributed by atoms with E-state index in [1.165, 1.54) is 16.3 Å². The van der Waals surface area contributed by atoms with Crippen LogP contribution >= 0.6 is 0 Å². The first kappa shape index (κ1) is 11.1. The number of aryl methyl sites for hydroxylation is 1. The Kier molecular flexibility index (Phi) is 2.95. The average molecular weight is 215 g/mol. The lowest BCUT2D eigenvalue weighted by molar-refractivity contribution is 0.0396. The summed E-state index contributed by atoms with van der Waals surface area (Å²) in [4.78, 5) is 1.79. The van der Waals surface area contributed by atoms with Gasteiger partial charge in [0.05, 0.1) is 0 Å². The predicted octanol–water partition coefficient (Wildman–Crippen LogP) is 2.70. The zero-order valence-electron chi connectivity index (χ0n) is 9.94. The highest BCUT2D eigenvalue weighted by molar-refractivity contribution is 5.83. The lowest BCUT2D eigenvalue weighted by atomic mass is 10.0. The van der Waals surface area contributed by atoms with E-state index in [0.717, 1.165) is 5.56 Å². The Bertz CT molecular complexity index is 505. The monoisotopic (exact) mass is 215 g/mol. The van der Waals surface area contributed by atoms with Crippen molar-refractivity contribution >= 4 is 10.8 Å². The van der Waals surface area contributed by atoms with Crippen molar-refractivity contribution in [1.29, 1.82) is 0 Å². The third-order valence-electron chi connectivity index (χ3n) is 2.81. The van der Waals surface area contributed by atoms with Crippen LogP contribution in [-0.4, -0.2) is 24.1 Å². The van der Waals surface area contributed by atoms with Crippen LogP contribution in [0, 0.1) is 6.92 Å². The zero-order chi connectivity index (χ0) is 11.7. The number of fused-ring (bicyclic) bond motifs is 1. The fraction of sp³-hybridized carbons (Fsp3) is 0.286. The summed E-state index contributed by atoms with van der Waals surface area (Å²) in [5.74, 6) is 0. The number of aliphatic hydroxyl groups is 1. The number of hydrogen-bond donors (Lipinski definition) is 1. The summed E-state index contributed by atoms with van der Waals surface area (Å²) in [6.45, 7) is 2.09. The van der Waals surface area contributed by atoms with E-state index in [2.05, 4.69) is 31.2 Å². The van der Waals surface area contributed by atoms with Crippen molar-refractivity contribution in [2.24, 2.45) is 0 Å². The van der Waals surface area contributed by atoms with Gasteiger partial charge in [-0.05, 0) is 43.4 Å². The second-order valence-electron chi connectivity index (χ2n) is 4.45. The minimum atomic E-state index is -0.536. The van der Waals surface area contributed by atoms with Gasteiger partial charge in [-0.2, -0.15) is 0 Å². The van der Waals surface area contributed by atoms with Crippen LogP contribution in [0.15, 0.2) is 36.4 Å². The van der Waals surface area contributed by atoms with E-state index in [4.69, 9.17) is 0 Å². The van der Waals surface area contributed by atoms with Gasteiger partial charge in [0.15, 0.2) is 0 Å². The Morgan fingerprint density at radius 1 is 1.00 bits per heavy atom. The van der Waals surface area contributed by atoms with Crippen molar-refractivity contribution in [1.82, 2.24) is 4.90 Å². The van der Waals surface area contributed by atoms with Crippen LogP contribution < -0.4 is 0 Å². The molecule has 16 heavy (non-hydrogen) atoms. The molecule has 0 aliphatic rings. The molecule has 0 amide bonds. The number of nitrogens with zero attached hydrogens (tertiary/aromatic N) is 1. The maximum atomic E-state index is 9.94. The molecule has 2 nitrogen and oxygen atoms in total. The molecule has 0 saturated heterocycles. The smallest absolute Gasteiger partial charge is 0.133 e. The molecule has 2 aromatic carbocycles. The van der Waals surface area contributed by atoms with Gasteiger partial charge in [0.1, 0.15) is 6.23 Å². The van der Waals surface area contributed by atoms with Gasteiger partial charge in [0.2, 0.25) is 0 Å². The third-order valence-corrected chi connectivity index (χ3v) is 2.81. The fourth-order valence-corrected chi connectivity index (χ4v) is 1.84. The van der Waals surface area contributed by atoms with Crippen LogP contribution in [0.3, 0.4) is 0 Å². The Morgan fingerprint density at radius 3 is 2.31 bits per heavy atom. The quantitative estimate of drug-likeness (QED) is 0.779. The Hall–Kier alpha value is -1.38. The Labute approximate surface area is 96.1 Å². The molecule has 2 rings (SSSR count). The number of benzene rings is 2. The third kappa shape index (κ3) is 2.08. The topological polar surface area (TPSA) is 23.5 Å². The van der Waals surface area contributed by atoms with E-state index in [-0.39, 0.29) is 0 Å². The number of hydrogen-bond acceptors (Lipinski definition) is 2. The molecule has 0 bridgehead atoms. The van der Waals surface area contributed by atoms with Gasteiger partial charge in [0.25, 0.3) is 0 Å². The summed E-state index contributed by atoms with van der Waals surface area (Å²) in [5.41, 5.74) is 2.19. The van der Waals surface area contributed by atoms with Gasteiger partial charge in [-0.1, -0.05) is 35.9 Å². The SMILES string of the molecule is Cc1ccc2cc(C(O)N(C)C)ccc2c1. The highest BCUT2D eigenvalue weighted by Gasteiger charge is 2.09. The maximum Gasteiger partial charge on any atom is 0.133 e. The van der Waals surface area contributed by atoms with Crippen molar-refractivity contribution in [3.63, 3.8) is 0 Å². The average Bonchev–Trinajstić information content (AvgIpc) is 2.27. The molecule has 1 atom stereocenters. The Balaban J connectivity index is 2.48. The van der Waals surface area contributed by atoms with Gasteiger partial charge < -0.3 is 5.11 Å². The molecule has 0 spiro atoms. The van der Waals surface area contributed by atoms with Gasteiger partial charge >= 0.3 is 0 Å². The first-order chi connectivity index (χ1) is 7.58. The molecule has 1 N–H and O–H groups in total. The van der Waals surface area contributed by atoms with Crippen molar-refractivity contribution in [3.8, 4) is 0 Å². The summed E-state index contributed by atoms with van der Waals surface area (Å²) >= 11 is 0. The van der Waals surface area contributed by atoms with Gasteiger partial charge in [-0.25, -0.2) is 0 Å². The molecule has 2 aromatic rings. The van der Waals surface area contributed by atoms with Crippen LogP contribution in [0.2, 0.25) is 0 Å². The van der Waals surface area contributed by atoms with Crippen LogP contribution in [0.25, 0.3) is 10.8 Å². The van der Waals surface area contributed by atoms with Crippen LogP contribution in [0.1, 0.15) is 17.4 Å². The van der Waals surface area contributed by atoms with E-state index in [1.54, 1.807) is 4.90 Å². The lowest BCUT2D eigenvalue weighted by Crippen LogP contribution is -2.18. The van der Waals surface area contributed by atoms with E-state index in [1.807, 2.05) is 26.2 Å². The largest absolute Gasteiger partial charge is 0.374 e. The highest BCUT2D eigenvalue weighted by Crippen LogP contribution is 2.22. The molecule has 0 heterocycles. The van der Waals surface area contributed by atoms with Gasteiger partial charge in [0, 0.05) is 0 Å². The first-order valence-corrected chi connectivity index (χ1v) is 5.43. The molecule has 0 fully saturated rings. The van der Waals surface area contributed by atoms with Crippen molar-refractivity contribution in [3.05, 3.63) is 47.5 Å². The number of rotatable bonds is 2. The van der Waals surface area contributed by atoms with E-state index in [0.29, 0.717) is 0 Å². The van der Waals surface area contributed by atoms with Crippen molar-refractivity contribution < 1.29 is 5.11 Å².